The maximum atomic E-state index is 11.3. The molecule has 202 valence electrons. The minimum Gasteiger partial charge on any atom is -0.507 e. The van der Waals surface area contributed by atoms with Crippen LogP contribution >= 0.6 is 23.2 Å². The van der Waals surface area contributed by atoms with Crippen molar-refractivity contribution < 1.29 is 29.6 Å². The quantitative estimate of drug-likeness (QED) is 0.184. The molecule has 4 rings (SSSR count). The van der Waals surface area contributed by atoms with Crippen molar-refractivity contribution in [3.63, 3.8) is 0 Å². The maximum absolute atomic E-state index is 11.3. The van der Waals surface area contributed by atoms with Crippen molar-refractivity contribution in [2.75, 3.05) is 23.7 Å². The molecule has 0 aliphatic heterocycles. The van der Waals surface area contributed by atoms with Gasteiger partial charge >= 0.3 is 11.9 Å². The first-order valence-electron chi connectivity index (χ1n) is 11.9. The SMILES string of the molecule is CC1C=CC=C(c2cc(Oc3c(Cl)c(NCC(=O)O)nc(NCC(=O)O)c3Cl)cc(-c3ccccc3)c2O)C1. The molecule has 1 aliphatic carbocycles. The third-order valence-corrected chi connectivity index (χ3v) is 6.57. The molecule has 0 amide bonds. The van der Waals surface area contributed by atoms with Gasteiger partial charge in [-0.3, -0.25) is 9.59 Å². The van der Waals surface area contributed by atoms with Crippen LogP contribution in [-0.2, 0) is 9.59 Å². The van der Waals surface area contributed by atoms with Gasteiger partial charge in [0.15, 0.2) is 17.4 Å². The van der Waals surface area contributed by atoms with Crippen LogP contribution in [0.25, 0.3) is 16.7 Å². The number of hydrogen-bond donors (Lipinski definition) is 5. The Morgan fingerprint density at radius 1 is 1.00 bits per heavy atom. The van der Waals surface area contributed by atoms with E-state index in [1.54, 1.807) is 12.1 Å². The van der Waals surface area contributed by atoms with E-state index in [2.05, 4.69) is 28.6 Å². The molecule has 0 saturated carbocycles. The highest BCUT2D eigenvalue weighted by Gasteiger charge is 2.23. The van der Waals surface area contributed by atoms with E-state index in [4.69, 9.17) is 38.2 Å². The van der Waals surface area contributed by atoms with Crippen molar-refractivity contribution in [1.82, 2.24) is 4.98 Å². The second-order valence-electron chi connectivity index (χ2n) is 8.85. The van der Waals surface area contributed by atoms with E-state index in [1.807, 2.05) is 42.5 Å². The van der Waals surface area contributed by atoms with Crippen LogP contribution in [0.2, 0.25) is 10.0 Å². The van der Waals surface area contributed by atoms with Gasteiger partial charge in [0.1, 0.15) is 34.6 Å². The van der Waals surface area contributed by atoms with E-state index in [-0.39, 0.29) is 44.8 Å². The molecule has 0 radical (unpaired) electrons. The Morgan fingerprint density at radius 3 is 2.15 bits per heavy atom. The predicted octanol–water partition coefficient (Wildman–Crippen LogP) is 6.53. The van der Waals surface area contributed by atoms with Crippen molar-refractivity contribution in [2.45, 2.75) is 13.3 Å². The number of pyridine rings is 1. The highest BCUT2D eigenvalue weighted by atomic mass is 35.5. The van der Waals surface area contributed by atoms with Gasteiger partial charge in [0.05, 0.1) is 0 Å². The average Bonchev–Trinajstić information content (AvgIpc) is 2.91. The summed E-state index contributed by atoms with van der Waals surface area (Å²) in [6.07, 6.45) is 6.65. The Bertz CT molecular complexity index is 1430. The molecule has 5 N–H and O–H groups in total. The standard InChI is InChI=1S/C28H25Cl2N3O6/c1-15-6-5-9-17(10-15)20-12-18(11-19(25(20)38)16-7-3-2-4-8-16)39-26-23(29)27(31-13-21(34)35)33-28(24(26)30)32-14-22(36)37/h2-9,11-12,15,38H,10,13-14H2,1H3,(H,34,35)(H,36,37)(H2,31,32,33). The number of allylic oxidation sites excluding steroid dienone is 4. The molecule has 0 spiro atoms. The van der Waals surface area contributed by atoms with Gasteiger partial charge in [-0.2, -0.15) is 0 Å². The van der Waals surface area contributed by atoms with E-state index in [0.29, 0.717) is 17.5 Å². The van der Waals surface area contributed by atoms with Crippen LogP contribution in [0.3, 0.4) is 0 Å². The number of rotatable bonds is 10. The zero-order valence-electron chi connectivity index (χ0n) is 20.7. The first-order valence-corrected chi connectivity index (χ1v) is 12.7. The van der Waals surface area contributed by atoms with Gasteiger partial charge in [0.25, 0.3) is 0 Å². The number of aromatic nitrogens is 1. The van der Waals surface area contributed by atoms with Gasteiger partial charge in [-0.05, 0) is 35.6 Å². The predicted molar refractivity (Wildman–Crippen MR) is 151 cm³/mol. The van der Waals surface area contributed by atoms with Crippen LogP contribution in [0.5, 0.6) is 17.2 Å². The second kappa shape index (κ2) is 12.1. The van der Waals surface area contributed by atoms with E-state index >= 15 is 0 Å². The van der Waals surface area contributed by atoms with Crippen LogP contribution in [0, 0.1) is 5.92 Å². The van der Waals surface area contributed by atoms with Gasteiger partial charge in [-0.1, -0.05) is 78.7 Å². The Kier molecular flexibility index (Phi) is 8.63. The van der Waals surface area contributed by atoms with E-state index in [9.17, 15) is 14.7 Å². The Morgan fingerprint density at radius 2 is 1.59 bits per heavy atom. The number of carboxylic acid groups (broad SMARTS) is 2. The normalized spacial score (nSPS) is 14.4. The van der Waals surface area contributed by atoms with Crippen molar-refractivity contribution >= 4 is 52.3 Å². The summed E-state index contributed by atoms with van der Waals surface area (Å²) in [5.41, 5.74) is 2.74. The van der Waals surface area contributed by atoms with E-state index in [0.717, 1.165) is 11.1 Å². The third-order valence-electron chi connectivity index (χ3n) is 5.87. The first-order chi connectivity index (χ1) is 18.6. The van der Waals surface area contributed by atoms with Crippen molar-refractivity contribution in [2.24, 2.45) is 5.92 Å². The van der Waals surface area contributed by atoms with Crippen LogP contribution in [0.4, 0.5) is 11.6 Å². The van der Waals surface area contributed by atoms with Crippen molar-refractivity contribution in [1.29, 1.82) is 0 Å². The third kappa shape index (κ3) is 6.63. The fourth-order valence-electron chi connectivity index (χ4n) is 4.08. The lowest BCUT2D eigenvalue weighted by Gasteiger charge is -2.20. The number of aliphatic carboxylic acids is 2. The zero-order chi connectivity index (χ0) is 28.1. The first kappa shape index (κ1) is 27.8. The monoisotopic (exact) mass is 569 g/mol. The zero-order valence-corrected chi connectivity index (χ0v) is 22.3. The number of aromatic hydroxyl groups is 1. The lowest BCUT2D eigenvalue weighted by molar-refractivity contribution is -0.135. The smallest absolute Gasteiger partial charge is 0.322 e. The van der Waals surface area contributed by atoms with E-state index < -0.39 is 25.0 Å². The molecule has 0 fully saturated rings. The number of phenols is 1. The summed E-state index contributed by atoms with van der Waals surface area (Å²) in [5.74, 6) is -1.89. The summed E-state index contributed by atoms with van der Waals surface area (Å²) in [5, 5.41) is 34.4. The molecule has 0 bridgehead atoms. The van der Waals surface area contributed by atoms with Crippen molar-refractivity contribution in [3.8, 4) is 28.4 Å². The number of nitrogens with one attached hydrogen (secondary N) is 2. The molecule has 2 aromatic carbocycles. The Balaban J connectivity index is 1.85. The Labute approximate surface area is 234 Å². The molecular weight excluding hydrogens is 545 g/mol. The Hall–Kier alpha value is -4.21. The molecule has 1 atom stereocenters. The fraction of sp³-hybridized carbons (Fsp3) is 0.179. The molecule has 1 heterocycles. The molecule has 11 heteroatoms. The molecule has 9 nitrogen and oxygen atoms in total. The number of nitrogens with zero attached hydrogens (tertiary/aromatic N) is 1. The molecule has 0 saturated heterocycles. The van der Waals surface area contributed by atoms with Crippen LogP contribution in [0.1, 0.15) is 18.9 Å². The molecule has 39 heavy (non-hydrogen) atoms. The fourth-order valence-corrected chi connectivity index (χ4v) is 4.61. The van der Waals surface area contributed by atoms with Gasteiger partial charge in [-0.25, -0.2) is 4.98 Å². The van der Waals surface area contributed by atoms with Gasteiger partial charge in [0, 0.05) is 11.1 Å². The molecule has 3 aromatic rings. The van der Waals surface area contributed by atoms with Gasteiger partial charge in [0.2, 0.25) is 0 Å². The average molecular weight is 570 g/mol. The summed E-state index contributed by atoms with van der Waals surface area (Å²) in [6.45, 7) is 1.06. The lowest BCUT2D eigenvalue weighted by atomic mass is 9.88. The minimum absolute atomic E-state index is 0.0670. The highest BCUT2D eigenvalue weighted by Crippen LogP contribution is 2.47. The van der Waals surface area contributed by atoms with Gasteiger partial charge in [-0.15, -0.1) is 0 Å². The van der Waals surface area contributed by atoms with Gasteiger partial charge < -0.3 is 30.7 Å². The molecule has 1 aliphatic rings. The molecule has 1 unspecified atom stereocenters. The largest absolute Gasteiger partial charge is 0.507 e. The minimum atomic E-state index is -1.16. The summed E-state index contributed by atoms with van der Waals surface area (Å²) < 4.78 is 6.18. The number of carboxylic acids is 2. The number of ether oxygens (including phenoxy) is 1. The highest BCUT2D eigenvalue weighted by molar-refractivity contribution is 6.40. The summed E-state index contributed by atoms with van der Waals surface area (Å²) >= 11 is 13.1. The number of hydrogen-bond acceptors (Lipinski definition) is 7. The number of benzene rings is 2. The van der Waals surface area contributed by atoms with E-state index in [1.165, 1.54) is 0 Å². The number of phenolic OH excluding ortho intramolecular Hbond substituents is 1. The molecule has 1 aromatic heterocycles. The van der Waals surface area contributed by atoms with Crippen LogP contribution in [-0.4, -0.2) is 45.3 Å². The van der Waals surface area contributed by atoms with Crippen molar-refractivity contribution in [3.05, 3.63) is 76.3 Å². The maximum Gasteiger partial charge on any atom is 0.322 e. The number of halogens is 2. The lowest BCUT2D eigenvalue weighted by Crippen LogP contribution is -2.17. The van der Waals surface area contributed by atoms with Crippen LogP contribution < -0.4 is 15.4 Å². The summed E-state index contributed by atoms with van der Waals surface area (Å²) in [4.78, 5) is 26.4. The number of carbonyl (C=O) groups is 2. The summed E-state index contributed by atoms with van der Waals surface area (Å²) in [6, 6.07) is 12.6. The number of anilines is 2. The summed E-state index contributed by atoms with van der Waals surface area (Å²) in [7, 11) is 0. The second-order valence-corrected chi connectivity index (χ2v) is 9.61. The topological polar surface area (TPSA) is 141 Å². The molecular formula is C28H25Cl2N3O6. The van der Waals surface area contributed by atoms with Crippen LogP contribution in [0.15, 0.2) is 60.7 Å².